The first-order chi connectivity index (χ1) is 62.5. The van der Waals surface area contributed by atoms with Gasteiger partial charge < -0.3 is 27.4 Å². The zero-order chi connectivity index (χ0) is 82.9. The van der Waals surface area contributed by atoms with Gasteiger partial charge in [-0.2, -0.15) is 0 Å². The van der Waals surface area contributed by atoms with Crippen LogP contribution in [0.1, 0.15) is 66.8 Å². The van der Waals surface area contributed by atoms with E-state index in [1.165, 1.54) is 198 Å². The fraction of sp³-hybridized carbons (Fsp3) is 0.0500. The zero-order valence-corrected chi connectivity index (χ0v) is 69.5. The lowest BCUT2D eigenvalue weighted by Gasteiger charge is -2.29. The molecule has 25 aromatic rings. The molecule has 6 aromatic heterocycles. The molecule has 0 aliphatic rings. The van der Waals surface area contributed by atoms with Gasteiger partial charge in [0.2, 0.25) is 0 Å². The Bertz CT molecular complexity index is 6950. The molecule has 0 bridgehead atoms. The van der Waals surface area contributed by atoms with Crippen molar-refractivity contribution in [2.24, 2.45) is 0 Å². The topological polar surface area (TPSA) is 29.6 Å². The maximum Gasteiger partial charge on any atom is 0.0541 e. The van der Waals surface area contributed by atoms with Gasteiger partial charge in [-0.15, -0.1) is 0 Å². The first-order valence-electron chi connectivity index (χ1n) is 44.1. The lowest BCUT2D eigenvalue weighted by Crippen LogP contribution is -2.17. The number of aromatic nitrogens is 6. The summed E-state index contributed by atoms with van der Waals surface area (Å²) in [4.78, 5) is 0. The van der Waals surface area contributed by atoms with E-state index >= 15 is 0 Å². The predicted molar refractivity (Wildman–Crippen MR) is 528 cm³/mol. The minimum Gasteiger partial charge on any atom is -0.309 e. The first kappa shape index (κ1) is 72.8. The van der Waals surface area contributed by atoms with Crippen LogP contribution in [-0.4, -0.2) is 27.4 Å². The van der Waals surface area contributed by atoms with Crippen molar-refractivity contribution in [2.75, 3.05) is 0 Å². The van der Waals surface area contributed by atoms with Crippen LogP contribution in [0.3, 0.4) is 0 Å². The number of para-hydroxylation sites is 12. The fourth-order valence-electron chi connectivity index (χ4n) is 21.4. The molecule has 0 aliphatic heterocycles. The Balaban J connectivity index is 0.741. The average Bonchev–Trinajstić information content (AvgIpc) is 1.49. The standard InChI is InChI=1S/C120H84N6/c1-13-37-109-91(25-1)92-26-2-14-38-110(92)121(109)85-61-49-79(50-62-85)73-103-104(74-80-51-63-86(64-52-80)122-111-39-15-3-27-93(111)94-28-4-16-40-112(94)122)106(76-82-55-67-88(68-56-82)124-115-43-19-7-31-97(115)98-32-8-20-44-116(98)124)108(78-84-59-71-90(72-60-84)126-119-47-23-11-35-101(119)102-36-12-24-48-120(102)126)107(77-83-57-69-89(70-58-83)125-117-45-21-9-33-99(117)100-34-10-22-46-118(100)125)105(103)75-81-53-65-87(66-54-81)123-113-41-17-5-29-95(113)96-30-6-18-42-114(96)123/h1-72H,73-78H2. The molecular weight excluding hydrogens is 1530 g/mol. The second-order valence-electron chi connectivity index (χ2n) is 34.1. The Kier molecular flexibility index (Phi) is 17.3. The van der Waals surface area contributed by atoms with Crippen molar-refractivity contribution in [3.05, 3.63) is 504 Å². The summed E-state index contributed by atoms with van der Waals surface area (Å²) < 4.78 is 14.7. The lowest BCUT2D eigenvalue weighted by atomic mass is 9.76. The van der Waals surface area contributed by atoms with Crippen molar-refractivity contribution in [3.8, 4) is 34.1 Å². The van der Waals surface area contributed by atoms with Crippen molar-refractivity contribution in [3.63, 3.8) is 0 Å². The molecule has 0 unspecified atom stereocenters. The van der Waals surface area contributed by atoms with E-state index in [4.69, 9.17) is 0 Å². The highest BCUT2D eigenvalue weighted by Gasteiger charge is 2.28. The highest BCUT2D eigenvalue weighted by atomic mass is 15.0. The maximum absolute atomic E-state index is 2.46. The molecule has 0 spiro atoms. The molecular formula is C120H84N6. The molecule has 6 heterocycles. The molecule has 0 fully saturated rings. The van der Waals surface area contributed by atoms with E-state index in [0.717, 1.165) is 34.1 Å². The Hall–Kier alpha value is -16.0. The number of fused-ring (bicyclic) bond motifs is 18. The smallest absolute Gasteiger partial charge is 0.0541 e. The van der Waals surface area contributed by atoms with Gasteiger partial charge in [-0.05, 0) is 251 Å². The quantitative estimate of drug-likeness (QED) is 0.0820. The Morgan fingerprint density at radius 1 is 0.103 bits per heavy atom. The van der Waals surface area contributed by atoms with Crippen LogP contribution in [0.5, 0.6) is 0 Å². The third kappa shape index (κ3) is 12.1. The highest BCUT2D eigenvalue weighted by molar-refractivity contribution is 6.14. The van der Waals surface area contributed by atoms with Crippen molar-refractivity contribution in [1.82, 2.24) is 27.4 Å². The molecule has 0 N–H and O–H groups in total. The molecule has 25 rings (SSSR count). The van der Waals surface area contributed by atoms with E-state index in [2.05, 4.69) is 464 Å². The summed E-state index contributed by atoms with van der Waals surface area (Å²) in [7, 11) is 0. The van der Waals surface area contributed by atoms with Crippen molar-refractivity contribution in [1.29, 1.82) is 0 Å². The minimum absolute atomic E-state index is 0.685. The number of nitrogens with zero attached hydrogens (tertiary/aromatic N) is 6. The molecule has 594 valence electrons. The van der Waals surface area contributed by atoms with Gasteiger partial charge in [0.1, 0.15) is 0 Å². The zero-order valence-electron chi connectivity index (χ0n) is 69.5. The van der Waals surface area contributed by atoms with E-state index in [1.54, 1.807) is 0 Å². The van der Waals surface area contributed by atoms with Crippen LogP contribution in [0.4, 0.5) is 0 Å². The summed E-state index contributed by atoms with van der Waals surface area (Å²) in [5, 5.41) is 15.0. The summed E-state index contributed by atoms with van der Waals surface area (Å²) in [5.41, 5.74) is 36.9. The Labute approximate surface area is 729 Å². The van der Waals surface area contributed by atoms with Gasteiger partial charge in [-0.1, -0.05) is 291 Å². The van der Waals surface area contributed by atoms with Gasteiger partial charge in [0.05, 0.1) is 66.2 Å². The molecule has 0 radical (unpaired) electrons. The second-order valence-corrected chi connectivity index (χ2v) is 34.1. The SMILES string of the molecule is c1ccc2c(c1)c1ccccc1n2-c1ccc(Cc2c(Cc3ccc(-n4c5ccccc5c5ccccc54)cc3)c(Cc3ccc(-n4c5ccccc5c5ccccc54)cc3)c(Cc3ccc(-n4c5ccccc5c5ccccc54)cc3)c(Cc3ccc(-n4c5ccccc5c5ccccc54)cc3)c2Cc2ccc(-n3c4ccccc4c4ccccc43)cc2)cc1. The molecule has 0 saturated heterocycles. The third-order valence-corrected chi connectivity index (χ3v) is 27.1. The van der Waals surface area contributed by atoms with Crippen LogP contribution in [0.15, 0.2) is 437 Å². The van der Waals surface area contributed by atoms with Crippen LogP contribution in [-0.2, 0) is 38.5 Å². The number of hydrogen-bond donors (Lipinski definition) is 0. The summed E-state index contributed by atoms with van der Waals surface area (Å²) in [5.74, 6) is 0. The molecule has 0 amide bonds. The van der Waals surface area contributed by atoms with E-state index in [9.17, 15) is 0 Å². The average molecular weight is 1610 g/mol. The molecule has 6 nitrogen and oxygen atoms in total. The molecule has 126 heavy (non-hydrogen) atoms. The largest absolute Gasteiger partial charge is 0.309 e. The molecule has 6 heteroatoms. The molecule has 0 aliphatic carbocycles. The second kappa shape index (κ2) is 29.9. The summed E-state index contributed by atoms with van der Waals surface area (Å²) >= 11 is 0. The van der Waals surface area contributed by atoms with Gasteiger partial charge in [0.15, 0.2) is 0 Å². The monoisotopic (exact) mass is 1610 g/mol. The van der Waals surface area contributed by atoms with Gasteiger partial charge in [-0.25, -0.2) is 0 Å². The van der Waals surface area contributed by atoms with E-state index in [-0.39, 0.29) is 0 Å². The van der Waals surface area contributed by atoms with Crippen molar-refractivity contribution in [2.45, 2.75) is 38.5 Å². The molecule has 19 aromatic carbocycles. The first-order valence-corrected chi connectivity index (χ1v) is 44.1. The number of hydrogen-bond acceptors (Lipinski definition) is 0. The van der Waals surface area contributed by atoms with Gasteiger partial charge >= 0.3 is 0 Å². The van der Waals surface area contributed by atoms with E-state index in [1.807, 2.05) is 0 Å². The van der Waals surface area contributed by atoms with E-state index in [0.29, 0.717) is 38.5 Å². The molecule has 0 atom stereocenters. The summed E-state index contributed by atoms with van der Waals surface area (Å²) in [6, 6.07) is 164. The number of benzene rings is 19. The van der Waals surface area contributed by atoms with Crippen LogP contribution in [0.2, 0.25) is 0 Å². The Morgan fingerprint density at radius 3 is 0.302 bits per heavy atom. The van der Waals surface area contributed by atoms with E-state index < -0.39 is 0 Å². The number of rotatable bonds is 18. The van der Waals surface area contributed by atoms with Crippen LogP contribution in [0.25, 0.3) is 165 Å². The Morgan fingerprint density at radius 2 is 0.198 bits per heavy atom. The summed E-state index contributed by atoms with van der Waals surface area (Å²) in [6.07, 6.45) is 4.11. The van der Waals surface area contributed by atoms with Crippen LogP contribution < -0.4 is 0 Å². The van der Waals surface area contributed by atoms with Gasteiger partial charge in [-0.3, -0.25) is 0 Å². The third-order valence-electron chi connectivity index (χ3n) is 27.1. The molecule has 0 saturated carbocycles. The van der Waals surface area contributed by atoms with Crippen LogP contribution >= 0.6 is 0 Å². The van der Waals surface area contributed by atoms with Gasteiger partial charge in [0, 0.05) is 98.8 Å². The van der Waals surface area contributed by atoms with Gasteiger partial charge in [0.25, 0.3) is 0 Å². The lowest BCUT2D eigenvalue weighted by molar-refractivity contribution is 0.923. The summed E-state index contributed by atoms with van der Waals surface area (Å²) in [6.45, 7) is 0. The fourth-order valence-corrected chi connectivity index (χ4v) is 21.4. The maximum atomic E-state index is 2.46. The minimum atomic E-state index is 0.685. The van der Waals surface area contributed by atoms with Crippen molar-refractivity contribution >= 4 is 131 Å². The normalized spacial score (nSPS) is 12.0. The van der Waals surface area contributed by atoms with Crippen molar-refractivity contribution < 1.29 is 0 Å². The highest BCUT2D eigenvalue weighted by Crippen LogP contribution is 2.44. The van der Waals surface area contributed by atoms with Crippen LogP contribution in [0, 0.1) is 0 Å². The predicted octanol–water partition coefficient (Wildman–Crippen LogP) is 29.8.